The van der Waals surface area contributed by atoms with Gasteiger partial charge >= 0.3 is 5.97 Å². The number of hydrogen-bond donors (Lipinski definition) is 4. The largest absolute Gasteiger partial charge is 0.494 e. The summed E-state index contributed by atoms with van der Waals surface area (Å²) >= 11 is 0. The van der Waals surface area contributed by atoms with E-state index in [1.807, 2.05) is 24.3 Å². The van der Waals surface area contributed by atoms with E-state index in [1.54, 1.807) is 58.0 Å². The molecule has 1 saturated carbocycles. The highest BCUT2D eigenvalue weighted by atomic mass is 16.7. The quantitative estimate of drug-likeness (QED) is 0.181. The highest BCUT2D eigenvalue weighted by molar-refractivity contribution is 6.38. The Labute approximate surface area is 356 Å². The zero-order chi connectivity index (χ0) is 43.7. The van der Waals surface area contributed by atoms with E-state index in [9.17, 15) is 33.6 Å². The lowest BCUT2D eigenvalue weighted by Crippen LogP contribution is -2.60. The molecule has 2 aromatic carbocycles. The van der Waals surface area contributed by atoms with Gasteiger partial charge in [0.1, 0.15) is 35.6 Å². The van der Waals surface area contributed by atoms with Crippen molar-refractivity contribution in [2.24, 2.45) is 5.92 Å². The van der Waals surface area contributed by atoms with E-state index in [0.29, 0.717) is 37.2 Å². The first kappa shape index (κ1) is 45.2. The second kappa shape index (κ2) is 20.5. The number of nitrogens with zero attached hydrogens (tertiary/aromatic N) is 1. The Balaban J connectivity index is 1.17. The van der Waals surface area contributed by atoms with Crippen molar-refractivity contribution in [3.63, 3.8) is 0 Å². The number of amides is 5. The summed E-state index contributed by atoms with van der Waals surface area (Å²) in [5.74, 6) is -4.61. The van der Waals surface area contributed by atoms with Gasteiger partial charge in [-0.3, -0.25) is 28.8 Å². The van der Waals surface area contributed by atoms with Gasteiger partial charge < -0.3 is 45.1 Å². The number of carbonyl (C=O) groups excluding carboxylic acids is 7. The maximum Gasteiger partial charge on any atom is 0.333 e. The predicted octanol–water partition coefficient (Wildman–Crippen LogP) is 2.96. The third kappa shape index (κ3) is 11.9. The van der Waals surface area contributed by atoms with Crippen LogP contribution in [0.5, 0.6) is 5.75 Å². The third-order valence-corrected chi connectivity index (χ3v) is 11.3. The van der Waals surface area contributed by atoms with Crippen molar-refractivity contribution in [3.05, 3.63) is 65.7 Å². The molecule has 61 heavy (non-hydrogen) atoms. The van der Waals surface area contributed by atoms with Gasteiger partial charge in [-0.2, -0.15) is 0 Å². The first-order chi connectivity index (χ1) is 29.2. The van der Waals surface area contributed by atoms with Gasteiger partial charge in [-0.15, -0.1) is 0 Å². The van der Waals surface area contributed by atoms with Gasteiger partial charge in [-0.05, 0) is 75.6 Å². The summed E-state index contributed by atoms with van der Waals surface area (Å²) in [5, 5.41) is 10.6. The lowest BCUT2D eigenvalue weighted by atomic mass is 9.83. The van der Waals surface area contributed by atoms with Crippen molar-refractivity contribution < 1.29 is 52.5 Å². The van der Waals surface area contributed by atoms with Crippen LogP contribution in [0.25, 0.3) is 0 Å². The number of benzene rings is 2. The summed E-state index contributed by atoms with van der Waals surface area (Å²) < 4.78 is 24.1. The second-order valence-corrected chi connectivity index (χ2v) is 17.2. The number of ketones is 1. The van der Waals surface area contributed by atoms with E-state index in [0.717, 1.165) is 37.7 Å². The normalized spacial score (nSPS) is 24.4. The van der Waals surface area contributed by atoms with E-state index < -0.39 is 90.2 Å². The van der Waals surface area contributed by atoms with Crippen LogP contribution in [0.3, 0.4) is 0 Å². The fourth-order valence-electron chi connectivity index (χ4n) is 8.47. The van der Waals surface area contributed by atoms with Crippen LogP contribution in [0, 0.1) is 5.92 Å². The summed E-state index contributed by atoms with van der Waals surface area (Å²) in [5.41, 5.74) is 0.359. The summed E-state index contributed by atoms with van der Waals surface area (Å²) in [6.07, 6.45) is 3.55. The Morgan fingerprint density at radius 1 is 0.918 bits per heavy atom. The fraction of sp³-hybridized carbons (Fsp3) is 0.578. The number of rotatable bonds is 12. The van der Waals surface area contributed by atoms with Gasteiger partial charge in [-0.1, -0.05) is 75.1 Å². The molecule has 5 amide bonds. The molecule has 0 unspecified atom stereocenters. The number of fused-ring (bicyclic) bond motifs is 7. The summed E-state index contributed by atoms with van der Waals surface area (Å²) in [7, 11) is 0. The molecule has 1 aliphatic carbocycles. The zero-order valence-electron chi connectivity index (χ0n) is 35.4. The van der Waals surface area contributed by atoms with Gasteiger partial charge in [0, 0.05) is 6.42 Å². The van der Waals surface area contributed by atoms with Crippen molar-refractivity contribution in [3.8, 4) is 5.75 Å². The lowest BCUT2D eigenvalue weighted by molar-refractivity contribution is -0.158. The van der Waals surface area contributed by atoms with Crippen molar-refractivity contribution in [2.45, 2.75) is 140 Å². The highest BCUT2D eigenvalue weighted by Crippen LogP contribution is 2.36. The molecule has 330 valence electrons. The second-order valence-electron chi connectivity index (χ2n) is 17.2. The lowest BCUT2D eigenvalue weighted by Gasteiger charge is -2.35. The van der Waals surface area contributed by atoms with Gasteiger partial charge in [-0.25, -0.2) is 4.79 Å². The van der Waals surface area contributed by atoms with Crippen molar-refractivity contribution >= 4 is 41.3 Å². The average Bonchev–Trinajstić information content (AvgIpc) is 3.79. The van der Waals surface area contributed by atoms with Crippen molar-refractivity contribution in [1.82, 2.24) is 26.2 Å². The third-order valence-electron chi connectivity index (χ3n) is 11.3. The molecule has 7 rings (SSSR count). The van der Waals surface area contributed by atoms with Crippen LogP contribution in [-0.4, -0.2) is 108 Å². The zero-order valence-corrected chi connectivity index (χ0v) is 35.4. The van der Waals surface area contributed by atoms with E-state index in [4.69, 9.17) is 18.9 Å². The van der Waals surface area contributed by atoms with Gasteiger partial charge in [0.05, 0.1) is 32.2 Å². The number of ether oxygens (including phenoxy) is 4. The SMILES string of the molecule is CCC[C@@H](NC(=O)[C@@H]1[C@H]2O[C@H]3CCCOc4cccc(c4)CC(=O)N[C@@H](C4CCCCC4)C(=O)N1C[C@@H]2O3)C(=O)C(=O)NCC(=O)N[C@H](C(=O)OC(C)(C)C)c1ccccc1. The van der Waals surface area contributed by atoms with Crippen LogP contribution < -0.4 is 26.0 Å². The molecule has 4 N–H and O–H groups in total. The topological polar surface area (TPSA) is 208 Å². The molecule has 3 fully saturated rings. The smallest absolute Gasteiger partial charge is 0.333 e. The monoisotopic (exact) mass is 845 g/mol. The van der Waals surface area contributed by atoms with Gasteiger partial charge in [0.15, 0.2) is 12.3 Å². The molecule has 4 heterocycles. The van der Waals surface area contributed by atoms with E-state index >= 15 is 0 Å². The fourth-order valence-corrected chi connectivity index (χ4v) is 8.47. The summed E-state index contributed by atoms with van der Waals surface area (Å²) in [6.45, 7) is 6.61. The number of hydrogen-bond acceptors (Lipinski definition) is 11. The Morgan fingerprint density at radius 3 is 2.39 bits per heavy atom. The molecule has 2 aromatic rings. The molecule has 0 spiro atoms. The maximum atomic E-state index is 14.7. The molecule has 4 aliphatic heterocycles. The van der Waals surface area contributed by atoms with E-state index in [-0.39, 0.29) is 31.2 Å². The van der Waals surface area contributed by atoms with Gasteiger partial charge in [0.2, 0.25) is 29.4 Å². The maximum absolute atomic E-state index is 14.7. The number of Topliss-reactive ketones (excluding diaryl/α,β-unsaturated/α-hetero) is 1. The summed E-state index contributed by atoms with van der Waals surface area (Å²) in [6, 6.07) is 11.1. The van der Waals surface area contributed by atoms with Crippen LogP contribution in [0.2, 0.25) is 0 Å². The molecule has 0 radical (unpaired) electrons. The number of esters is 1. The standard InChI is InChI=1S/C45H59N5O11/c1-5-14-31(39(53)42(55)46-25-34(52)49-37(29-18-10-7-11-19-29)44(57)61-45(2,3)4)47-41(54)38-40-32-26-50(38)43(56)36(28-16-8-6-9-17-28)48-33(51)24-27-15-12-20-30(23-27)58-22-13-21-35(59-32)60-40/h7,10-12,15,18-20,23,28,31-32,35-38,40H,5-6,8-9,13-14,16-17,21-22,24-26H2,1-4H3,(H,46,55)(H,47,54)(H,48,51)(H,49,52)/t31-,32+,35+,36+,37+,38+,40+/m1/s1. The Bertz CT molecular complexity index is 1910. The molecule has 2 saturated heterocycles. The van der Waals surface area contributed by atoms with Crippen LogP contribution in [0.4, 0.5) is 0 Å². The molecular formula is C45H59N5O11. The Hall–Kier alpha value is -5.35. The molecule has 6 bridgehead atoms. The first-order valence-corrected chi connectivity index (χ1v) is 21.5. The van der Waals surface area contributed by atoms with Crippen LogP contribution in [0.1, 0.15) is 103 Å². The van der Waals surface area contributed by atoms with Crippen LogP contribution in [0.15, 0.2) is 54.6 Å². The molecule has 7 atom stereocenters. The van der Waals surface area contributed by atoms with Crippen LogP contribution >= 0.6 is 0 Å². The number of nitrogens with one attached hydrogen (secondary N) is 4. The highest BCUT2D eigenvalue weighted by Gasteiger charge is 2.56. The van der Waals surface area contributed by atoms with E-state index in [2.05, 4.69) is 21.3 Å². The van der Waals surface area contributed by atoms with E-state index in [1.165, 1.54) is 4.90 Å². The minimum Gasteiger partial charge on any atom is -0.494 e. The minimum atomic E-state index is -1.31. The Kier molecular flexibility index (Phi) is 15.2. The minimum absolute atomic E-state index is 0.0176. The van der Waals surface area contributed by atoms with Crippen molar-refractivity contribution in [2.75, 3.05) is 19.7 Å². The molecular weight excluding hydrogens is 787 g/mol. The Morgan fingerprint density at radius 2 is 1.67 bits per heavy atom. The number of carbonyl (C=O) groups is 7. The molecule has 5 aliphatic rings. The predicted molar refractivity (Wildman–Crippen MR) is 220 cm³/mol. The molecule has 16 heteroatoms. The van der Waals surface area contributed by atoms with Crippen molar-refractivity contribution in [1.29, 1.82) is 0 Å². The average molecular weight is 846 g/mol. The molecule has 0 aromatic heterocycles. The van der Waals surface area contributed by atoms with Crippen LogP contribution in [-0.2, 0) is 54.2 Å². The first-order valence-electron chi connectivity index (χ1n) is 21.5. The van der Waals surface area contributed by atoms with Gasteiger partial charge in [0.25, 0.3) is 5.91 Å². The molecule has 16 nitrogen and oxygen atoms in total. The summed E-state index contributed by atoms with van der Waals surface area (Å²) in [4.78, 5) is 97.3.